The third kappa shape index (κ3) is 1.93. The average Bonchev–Trinajstić information content (AvgIpc) is 2.82. The summed E-state index contributed by atoms with van der Waals surface area (Å²) in [6.45, 7) is 14.1. The third-order valence-electron chi connectivity index (χ3n) is 3.27. The molecule has 0 aliphatic heterocycles. The van der Waals surface area contributed by atoms with Crippen LogP contribution in [0, 0.1) is 35.8 Å². The Morgan fingerprint density at radius 2 is 2.05 bits per heavy atom. The summed E-state index contributed by atoms with van der Waals surface area (Å²) >= 11 is 0. The van der Waals surface area contributed by atoms with Crippen molar-refractivity contribution in [3.63, 3.8) is 0 Å². The van der Waals surface area contributed by atoms with Gasteiger partial charge in [-0.05, 0) is 23.1 Å². The lowest BCUT2D eigenvalue weighted by Gasteiger charge is -2.07. The molecule has 0 bridgehead atoms. The molecule has 1 aromatic rings. The van der Waals surface area contributed by atoms with Crippen LogP contribution in [-0.2, 0) is 0 Å². The van der Waals surface area contributed by atoms with E-state index in [1.165, 1.54) is 0 Å². The second kappa shape index (κ2) is 5.05. The van der Waals surface area contributed by atoms with E-state index in [0.29, 0.717) is 12.0 Å². The van der Waals surface area contributed by atoms with Crippen molar-refractivity contribution in [2.24, 2.45) is 0 Å². The van der Waals surface area contributed by atoms with Gasteiger partial charge in [-0.1, -0.05) is 24.3 Å². The van der Waals surface area contributed by atoms with Gasteiger partial charge in [0.1, 0.15) is 0 Å². The molecule has 2 rings (SSSR count). The van der Waals surface area contributed by atoms with Crippen molar-refractivity contribution in [2.45, 2.75) is 18.4 Å². The van der Waals surface area contributed by atoms with Crippen molar-refractivity contribution >= 4 is 5.57 Å². The lowest BCUT2D eigenvalue weighted by Crippen LogP contribution is -2.09. The summed E-state index contributed by atoms with van der Waals surface area (Å²) in [7, 11) is 0. The summed E-state index contributed by atoms with van der Waals surface area (Å²) in [5, 5.41) is 18.1. The van der Waals surface area contributed by atoms with E-state index in [1.54, 1.807) is 0 Å². The molecule has 0 saturated carbocycles. The predicted octanol–water partition coefficient (Wildman–Crippen LogP) is 3.14. The molecule has 0 amide bonds. The number of rotatable bonds is 1. The molecule has 0 heterocycles. The van der Waals surface area contributed by atoms with Crippen LogP contribution >= 0.6 is 0 Å². The standard InChI is InChI=1S/C15H8N4/c1-18-14(8-16)12-7-13(15(9-17)19-2)11-6-4-3-5-10(11)12/h3-6,12,14H,7H2/b15-13+. The van der Waals surface area contributed by atoms with Crippen molar-refractivity contribution in [3.8, 4) is 12.1 Å². The molecule has 0 radical (unpaired) electrons. The van der Waals surface area contributed by atoms with Gasteiger partial charge in [0.2, 0.25) is 0 Å². The van der Waals surface area contributed by atoms with Gasteiger partial charge in [-0.15, -0.1) is 0 Å². The fraction of sp³-hybridized carbons (Fsp3) is 0.200. The Morgan fingerprint density at radius 1 is 1.32 bits per heavy atom. The smallest absolute Gasteiger partial charge is 0.297 e. The summed E-state index contributed by atoms with van der Waals surface area (Å²) < 4.78 is 0. The zero-order valence-electron chi connectivity index (χ0n) is 9.96. The quantitative estimate of drug-likeness (QED) is 0.563. The SMILES string of the molecule is [C-]#[N+]/C(C#N)=C1\CC(C(C#N)[N+]#[C-])c2ccccc21. The van der Waals surface area contributed by atoms with Crippen LogP contribution in [-0.4, -0.2) is 6.04 Å². The summed E-state index contributed by atoms with van der Waals surface area (Å²) in [5.41, 5.74) is 2.42. The molecule has 0 spiro atoms. The number of nitrogens with zero attached hydrogens (tertiary/aromatic N) is 4. The van der Waals surface area contributed by atoms with Gasteiger partial charge in [0.25, 0.3) is 5.70 Å². The molecule has 0 N–H and O–H groups in total. The van der Waals surface area contributed by atoms with Crippen LogP contribution in [0.3, 0.4) is 0 Å². The molecule has 0 aromatic heterocycles. The van der Waals surface area contributed by atoms with Crippen molar-refractivity contribution in [1.82, 2.24) is 0 Å². The number of benzene rings is 1. The Balaban J connectivity index is 2.63. The Hall–Kier alpha value is -3.08. The molecule has 4 heteroatoms. The minimum absolute atomic E-state index is 0.0524. The number of nitriles is 2. The van der Waals surface area contributed by atoms with Crippen molar-refractivity contribution in [1.29, 1.82) is 10.5 Å². The highest BCUT2D eigenvalue weighted by molar-refractivity contribution is 5.80. The van der Waals surface area contributed by atoms with E-state index < -0.39 is 6.04 Å². The Bertz CT molecular complexity index is 686. The van der Waals surface area contributed by atoms with Crippen LogP contribution in [0.25, 0.3) is 15.3 Å². The summed E-state index contributed by atoms with van der Waals surface area (Å²) in [6.07, 6.45) is 0.408. The maximum Gasteiger partial charge on any atom is 0.314 e. The second-order valence-corrected chi connectivity index (χ2v) is 4.15. The fourth-order valence-electron chi connectivity index (χ4n) is 2.41. The molecule has 1 aromatic carbocycles. The Morgan fingerprint density at radius 3 is 2.63 bits per heavy atom. The number of allylic oxidation sites excluding steroid dienone is 2. The number of hydrogen-bond acceptors (Lipinski definition) is 2. The average molecular weight is 244 g/mol. The van der Waals surface area contributed by atoms with Gasteiger partial charge >= 0.3 is 6.04 Å². The highest BCUT2D eigenvalue weighted by Crippen LogP contribution is 2.45. The van der Waals surface area contributed by atoms with E-state index in [-0.39, 0.29) is 11.6 Å². The van der Waals surface area contributed by atoms with Gasteiger partial charge in [-0.2, -0.15) is 5.26 Å². The van der Waals surface area contributed by atoms with E-state index in [9.17, 15) is 0 Å². The molecule has 1 aliphatic carbocycles. The van der Waals surface area contributed by atoms with Crippen LogP contribution in [0.5, 0.6) is 0 Å². The van der Waals surface area contributed by atoms with Crippen LogP contribution in [0.1, 0.15) is 23.5 Å². The van der Waals surface area contributed by atoms with Crippen molar-refractivity contribution in [3.05, 3.63) is 63.9 Å². The summed E-state index contributed by atoms with van der Waals surface area (Å²) in [6, 6.07) is 10.5. The van der Waals surface area contributed by atoms with Crippen molar-refractivity contribution < 1.29 is 0 Å². The first kappa shape index (κ1) is 12.4. The zero-order chi connectivity index (χ0) is 13.8. The number of fused-ring (bicyclic) bond motifs is 1. The summed E-state index contributed by atoms with van der Waals surface area (Å²) in [4.78, 5) is 6.58. The van der Waals surface area contributed by atoms with Gasteiger partial charge < -0.3 is 0 Å². The van der Waals surface area contributed by atoms with Crippen LogP contribution in [0.4, 0.5) is 0 Å². The largest absolute Gasteiger partial charge is 0.314 e. The Labute approximate surface area is 111 Å². The molecule has 4 nitrogen and oxygen atoms in total. The molecule has 88 valence electrons. The predicted molar refractivity (Wildman–Crippen MR) is 68.9 cm³/mol. The van der Waals surface area contributed by atoms with E-state index >= 15 is 0 Å². The normalized spacial score (nSPS) is 20.1. The molecule has 0 saturated heterocycles. The minimum Gasteiger partial charge on any atom is -0.297 e. The van der Waals surface area contributed by atoms with Gasteiger partial charge in [0, 0.05) is 0 Å². The molecule has 1 aliphatic rings. The fourth-order valence-corrected chi connectivity index (χ4v) is 2.41. The van der Waals surface area contributed by atoms with Crippen molar-refractivity contribution in [2.75, 3.05) is 0 Å². The lowest BCUT2D eigenvalue weighted by atomic mass is 9.94. The van der Waals surface area contributed by atoms with Gasteiger partial charge in [-0.25, -0.2) is 16.7 Å². The lowest BCUT2D eigenvalue weighted by molar-refractivity contribution is 0.716. The Kier molecular flexibility index (Phi) is 3.29. The molecule has 2 atom stereocenters. The molecule has 0 fully saturated rings. The van der Waals surface area contributed by atoms with E-state index in [2.05, 4.69) is 9.69 Å². The van der Waals surface area contributed by atoms with Crippen LogP contribution in [0.2, 0.25) is 0 Å². The highest BCUT2D eigenvalue weighted by Gasteiger charge is 2.37. The maximum atomic E-state index is 9.05. The van der Waals surface area contributed by atoms with Gasteiger partial charge in [0.15, 0.2) is 6.07 Å². The van der Waals surface area contributed by atoms with Gasteiger partial charge in [-0.3, -0.25) is 4.85 Å². The molecule has 2 unspecified atom stereocenters. The zero-order valence-corrected chi connectivity index (χ0v) is 9.96. The van der Waals surface area contributed by atoms with E-state index in [0.717, 1.165) is 11.1 Å². The first-order valence-corrected chi connectivity index (χ1v) is 5.63. The molecule has 19 heavy (non-hydrogen) atoms. The summed E-state index contributed by atoms with van der Waals surface area (Å²) in [5.74, 6) is -0.251. The van der Waals surface area contributed by atoms with Crippen LogP contribution in [0.15, 0.2) is 30.0 Å². The third-order valence-corrected chi connectivity index (χ3v) is 3.27. The minimum atomic E-state index is -0.774. The van der Waals surface area contributed by atoms with E-state index in [4.69, 9.17) is 23.7 Å². The first-order chi connectivity index (χ1) is 9.26. The monoisotopic (exact) mass is 244 g/mol. The highest BCUT2D eigenvalue weighted by atomic mass is 14.7. The maximum absolute atomic E-state index is 9.05. The van der Waals surface area contributed by atoms with Gasteiger partial charge in [0.05, 0.1) is 18.6 Å². The van der Waals surface area contributed by atoms with Crippen LogP contribution < -0.4 is 0 Å². The molecular weight excluding hydrogens is 236 g/mol. The topological polar surface area (TPSA) is 56.3 Å². The number of hydrogen-bond donors (Lipinski definition) is 0. The second-order valence-electron chi connectivity index (χ2n) is 4.15. The van der Waals surface area contributed by atoms with E-state index in [1.807, 2.05) is 36.4 Å². The molecular formula is C15H8N4. The first-order valence-electron chi connectivity index (χ1n) is 5.63.